The number of halogens is 2. The van der Waals surface area contributed by atoms with Gasteiger partial charge in [-0.2, -0.15) is 0 Å². The molecule has 0 saturated heterocycles. The van der Waals surface area contributed by atoms with E-state index < -0.39 is 28.9 Å². The molecule has 0 aliphatic heterocycles. The van der Waals surface area contributed by atoms with E-state index in [-0.39, 0.29) is 5.69 Å². The van der Waals surface area contributed by atoms with Crippen molar-refractivity contribution in [3.05, 3.63) is 60.2 Å². The summed E-state index contributed by atoms with van der Waals surface area (Å²) in [5, 5.41) is 5.05. The van der Waals surface area contributed by atoms with E-state index in [1.54, 1.807) is 6.07 Å². The number of carbonyl (C=O) groups excluding carboxylic acids is 2. The smallest absolute Gasteiger partial charge is 0.240 e. The lowest BCUT2D eigenvalue weighted by molar-refractivity contribution is -0.131. The molecule has 1 saturated carbocycles. The number of hydrogen-bond donors (Lipinski definition) is 2. The van der Waals surface area contributed by atoms with Crippen LogP contribution >= 0.6 is 0 Å². The number of amides is 2. The van der Waals surface area contributed by atoms with Crippen LogP contribution in [0.25, 0.3) is 0 Å². The number of carbonyl (C=O) groups is 2. The number of benzene rings is 2. The van der Waals surface area contributed by atoms with Gasteiger partial charge in [0.2, 0.25) is 11.8 Å². The summed E-state index contributed by atoms with van der Waals surface area (Å²) in [7, 11) is 0. The first kappa shape index (κ1) is 15.1. The van der Waals surface area contributed by atoms with E-state index >= 15 is 0 Å². The fourth-order valence-electron chi connectivity index (χ4n) is 2.27. The van der Waals surface area contributed by atoms with E-state index in [0.29, 0.717) is 18.5 Å². The van der Waals surface area contributed by atoms with Gasteiger partial charge in [-0.3, -0.25) is 9.59 Å². The molecule has 3 rings (SSSR count). The summed E-state index contributed by atoms with van der Waals surface area (Å²) in [5.41, 5.74) is -0.754. The molecule has 1 fully saturated rings. The molecule has 0 atom stereocenters. The Balaban J connectivity index is 1.71. The highest BCUT2D eigenvalue weighted by atomic mass is 19.1. The van der Waals surface area contributed by atoms with Gasteiger partial charge in [0.1, 0.15) is 17.0 Å². The van der Waals surface area contributed by atoms with Crippen LogP contribution < -0.4 is 10.6 Å². The lowest BCUT2D eigenvalue weighted by Gasteiger charge is -2.15. The Morgan fingerprint density at radius 1 is 0.870 bits per heavy atom. The number of nitrogens with one attached hydrogen (secondary N) is 2. The monoisotopic (exact) mass is 316 g/mol. The van der Waals surface area contributed by atoms with Gasteiger partial charge in [0.15, 0.2) is 0 Å². The minimum Gasteiger partial charge on any atom is -0.325 e. The van der Waals surface area contributed by atoms with Crippen molar-refractivity contribution in [3.8, 4) is 0 Å². The van der Waals surface area contributed by atoms with Crippen LogP contribution in [0.15, 0.2) is 48.5 Å². The maximum absolute atomic E-state index is 13.6. The van der Waals surface area contributed by atoms with Crippen molar-refractivity contribution in [2.45, 2.75) is 12.8 Å². The van der Waals surface area contributed by atoms with Crippen LogP contribution in [0.2, 0.25) is 0 Å². The summed E-state index contributed by atoms with van der Waals surface area (Å²) in [6.45, 7) is 0. The average Bonchev–Trinajstić information content (AvgIpc) is 3.34. The molecule has 0 aromatic heterocycles. The second kappa shape index (κ2) is 5.79. The van der Waals surface area contributed by atoms with E-state index in [4.69, 9.17) is 0 Å². The highest BCUT2D eigenvalue weighted by molar-refractivity contribution is 6.16. The van der Waals surface area contributed by atoms with Gasteiger partial charge >= 0.3 is 0 Å². The van der Waals surface area contributed by atoms with Crippen LogP contribution in [0, 0.1) is 17.0 Å². The van der Waals surface area contributed by atoms with Gasteiger partial charge in [-0.25, -0.2) is 8.78 Å². The molecule has 0 bridgehead atoms. The van der Waals surface area contributed by atoms with Crippen LogP contribution in [0.1, 0.15) is 12.8 Å². The van der Waals surface area contributed by atoms with Crippen molar-refractivity contribution in [3.63, 3.8) is 0 Å². The topological polar surface area (TPSA) is 58.2 Å². The zero-order chi connectivity index (χ0) is 16.4. The summed E-state index contributed by atoms with van der Waals surface area (Å²) < 4.78 is 26.5. The molecule has 0 spiro atoms. The van der Waals surface area contributed by atoms with Gasteiger partial charge in [-0.05, 0) is 49.2 Å². The molecule has 4 nitrogen and oxygen atoms in total. The van der Waals surface area contributed by atoms with Crippen molar-refractivity contribution < 1.29 is 18.4 Å². The molecule has 118 valence electrons. The molecular weight excluding hydrogens is 302 g/mol. The summed E-state index contributed by atoms with van der Waals surface area (Å²) in [5.74, 6) is -1.99. The molecule has 23 heavy (non-hydrogen) atoms. The van der Waals surface area contributed by atoms with Gasteiger partial charge in [0.05, 0.1) is 5.69 Å². The van der Waals surface area contributed by atoms with Gasteiger partial charge in [0.25, 0.3) is 0 Å². The molecule has 2 aromatic rings. The zero-order valence-electron chi connectivity index (χ0n) is 12.1. The molecule has 0 unspecified atom stereocenters. The normalized spacial score (nSPS) is 14.9. The minimum absolute atomic E-state index is 0.0401. The van der Waals surface area contributed by atoms with E-state index in [0.717, 1.165) is 0 Å². The zero-order valence-corrected chi connectivity index (χ0v) is 12.1. The molecule has 2 aromatic carbocycles. The van der Waals surface area contributed by atoms with E-state index in [9.17, 15) is 18.4 Å². The van der Waals surface area contributed by atoms with Gasteiger partial charge in [-0.15, -0.1) is 0 Å². The molecule has 2 amide bonds. The summed E-state index contributed by atoms with van der Waals surface area (Å²) in [6.07, 6.45) is 0.778. The molecule has 1 aliphatic carbocycles. The Labute approximate surface area is 131 Å². The molecule has 1 aliphatic rings. The van der Waals surface area contributed by atoms with Crippen LogP contribution in [0.3, 0.4) is 0 Å². The fraction of sp³-hybridized carbons (Fsp3) is 0.176. The van der Waals surface area contributed by atoms with Gasteiger partial charge in [-0.1, -0.05) is 12.1 Å². The van der Waals surface area contributed by atoms with Crippen LogP contribution in [0.4, 0.5) is 20.2 Å². The van der Waals surface area contributed by atoms with E-state index in [1.807, 2.05) is 0 Å². The number of rotatable bonds is 4. The number of anilines is 2. The molecule has 6 heteroatoms. The molecule has 0 heterocycles. The lowest BCUT2D eigenvalue weighted by Crippen LogP contribution is -2.35. The van der Waals surface area contributed by atoms with Crippen LogP contribution in [0.5, 0.6) is 0 Å². The Bertz CT molecular complexity index is 755. The maximum atomic E-state index is 13.6. The van der Waals surface area contributed by atoms with Crippen molar-refractivity contribution in [2.75, 3.05) is 10.6 Å². The fourth-order valence-corrected chi connectivity index (χ4v) is 2.27. The quantitative estimate of drug-likeness (QED) is 0.850. The summed E-state index contributed by atoms with van der Waals surface area (Å²) in [6, 6.07) is 11.0. The van der Waals surface area contributed by atoms with Gasteiger partial charge in [0, 0.05) is 5.69 Å². The molecular formula is C17H14F2N2O2. The Morgan fingerprint density at radius 3 is 2.09 bits per heavy atom. The third kappa shape index (κ3) is 3.06. The second-order valence-electron chi connectivity index (χ2n) is 5.48. The van der Waals surface area contributed by atoms with E-state index in [1.165, 1.54) is 42.5 Å². The SMILES string of the molecule is O=C(Nc1ccc(F)cc1)C1(C(=O)Nc2ccccc2F)CC1. The highest BCUT2D eigenvalue weighted by Gasteiger charge is 2.56. The van der Waals surface area contributed by atoms with Crippen molar-refractivity contribution >= 4 is 23.2 Å². The Kier molecular flexibility index (Phi) is 3.82. The number of para-hydroxylation sites is 1. The average molecular weight is 316 g/mol. The first-order valence-electron chi connectivity index (χ1n) is 7.14. The minimum atomic E-state index is -1.20. The van der Waals surface area contributed by atoms with Crippen molar-refractivity contribution in [1.82, 2.24) is 0 Å². The van der Waals surface area contributed by atoms with Crippen molar-refractivity contribution in [1.29, 1.82) is 0 Å². The first-order chi connectivity index (χ1) is 11.0. The molecule has 0 radical (unpaired) electrons. The van der Waals surface area contributed by atoms with Gasteiger partial charge < -0.3 is 10.6 Å². The van der Waals surface area contributed by atoms with E-state index in [2.05, 4.69) is 10.6 Å². The highest BCUT2D eigenvalue weighted by Crippen LogP contribution is 2.47. The van der Waals surface area contributed by atoms with Crippen LogP contribution in [-0.2, 0) is 9.59 Å². The third-order valence-corrected chi connectivity index (χ3v) is 3.84. The first-order valence-corrected chi connectivity index (χ1v) is 7.14. The Morgan fingerprint density at radius 2 is 1.48 bits per heavy atom. The summed E-state index contributed by atoms with van der Waals surface area (Å²) in [4.78, 5) is 24.7. The van der Waals surface area contributed by atoms with Crippen LogP contribution in [-0.4, -0.2) is 11.8 Å². The summed E-state index contributed by atoms with van der Waals surface area (Å²) >= 11 is 0. The number of hydrogen-bond acceptors (Lipinski definition) is 2. The largest absolute Gasteiger partial charge is 0.325 e. The second-order valence-corrected chi connectivity index (χ2v) is 5.48. The predicted octanol–water partition coefficient (Wildman–Crippen LogP) is 3.32. The lowest BCUT2D eigenvalue weighted by atomic mass is 10.0. The maximum Gasteiger partial charge on any atom is 0.240 e. The Hall–Kier alpha value is -2.76. The standard InChI is InChI=1S/C17H14F2N2O2/c18-11-5-7-12(8-6-11)20-15(22)17(9-10-17)16(23)21-14-4-2-1-3-13(14)19/h1-8H,9-10H2,(H,20,22)(H,21,23). The molecule has 2 N–H and O–H groups in total. The predicted molar refractivity (Wildman–Crippen MR) is 81.7 cm³/mol. The van der Waals surface area contributed by atoms with Crippen molar-refractivity contribution in [2.24, 2.45) is 5.41 Å². The third-order valence-electron chi connectivity index (χ3n) is 3.84.